The highest BCUT2D eigenvalue weighted by Gasteiger charge is 2.48. The number of halogens is 3. The predicted molar refractivity (Wildman–Crippen MR) is 105 cm³/mol. The van der Waals surface area contributed by atoms with Gasteiger partial charge in [0.1, 0.15) is 0 Å². The van der Waals surface area contributed by atoms with Crippen LogP contribution in [0.3, 0.4) is 0 Å². The summed E-state index contributed by atoms with van der Waals surface area (Å²) in [6.07, 6.45) is 1.46. The molecule has 1 amide bonds. The second-order valence-electron chi connectivity index (χ2n) is 7.45. The van der Waals surface area contributed by atoms with E-state index < -0.39 is 12.2 Å². The molecule has 1 fully saturated rings. The third kappa shape index (κ3) is 4.66. The minimum atomic E-state index is -4.49. The third-order valence-electron chi connectivity index (χ3n) is 5.35. The van der Waals surface area contributed by atoms with Gasteiger partial charge in [0.05, 0.1) is 0 Å². The van der Waals surface area contributed by atoms with Crippen LogP contribution in [0.25, 0.3) is 10.8 Å². The average Bonchev–Trinajstić information content (AvgIpc) is 3.07. The molecule has 2 aromatic carbocycles. The fraction of sp³-hybridized carbons (Fsp3) is 0.500. The zero-order chi connectivity index (χ0) is 20.1. The van der Waals surface area contributed by atoms with Crippen LogP contribution in [0.5, 0.6) is 0 Å². The fourth-order valence-corrected chi connectivity index (χ4v) is 3.98. The van der Waals surface area contributed by atoms with Crippen LogP contribution in [-0.4, -0.2) is 23.6 Å². The third-order valence-corrected chi connectivity index (χ3v) is 5.35. The van der Waals surface area contributed by atoms with Crippen LogP contribution in [0.15, 0.2) is 36.4 Å². The summed E-state index contributed by atoms with van der Waals surface area (Å²) in [5.74, 6) is -0.365. The average molecular weight is 392 g/mol. The van der Waals surface area contributed by atoms with Crippen molar-refractivity contribution in [1.82, 2.24) is 10.4 Å². The SMILES string of the molecule is CCCCCCCc1ccc2ccccc2c1[C@H](N1CCC(=O)N1)C(F)(F)F. The van der Waals surface area contributed by atoms with Crippen molar-refractivity contribution in [2.45, 2.75) is 64.1 Å². The van der Waals surface area contributed by atoms with Gasteiger partial charge in [-0.1, -0.05) is 69.0 Å². The molecule has 0 aromatic heterocycles. The Morgan fingerprint density at radius 1 is 1.07 bits per heavy atom. The molecule has 6 heteroatoms. The van der Waals surface area contributed by atoms with Gasteiger partial charge >= 0.3 is 6.18 Å². The number of amides is 1. The Balaban J connectivity index is 2.01. The molecule has 0 spiro atoms. The molecule has 28 heavy (non-hydrogen) atoms. The van der Waals surface area contributed by atoms with Gasteiger partial charge in [0.15, 0.2) is 6.04 Å². The second kappa shape index (κ2) is 8.95. The van der Waals surface area contributed by atoms with E-state index in [1.54, 1.807) is 12.1 Å². The van der Waals surface area contributed by atoms with Crippen LogP contribution >= 0.6 is 0 Å². The van der Waals surface area contributed by atoms with Gasteiger partial charge < -0.3 is 0 Å². The van der Waals surface area contributed by atoms with E-state index in [-0.39, 0.29) is 24.4 Å². The maximum Gasteiger partial charge on any atom is 0.409 e. The summed E-state index contributed by atoms with van der Waals surface area (Å²) < 4.78 is 42.6. The minimum Gasteiger partial charge on any atom is -0.288 e. The molecule has 0 aliphatic carbocycles. The number of alkyl halides is 3. The molecule has 1 atom stereocenters. The van der Waals surface area contributed by atoms with Crippen molar-refractivity contribution in [3.8, 4) is 0 Å². The molecule has 2 aromatic rings. The lowest BCUT2D eigenvalue weighted by Crippen LogP contribution is -2.44. The van der Waals surface area contributed by atoms with Gasteiger partial charge in [-0.25, -0.2) is 5.01 Å². The first kappa shape index (κ1) is 20.6. The molecule has 0 radical (unpaired) electrons. The molecule has 1 heterocycles. The molecular formula is C22H27F3N2O. The summed E-state index contributed by atoms with van der Waals surface area (Å²) in [6, 6.07) is 9.08. The van der Waals surface area contributed by atoms with Crippen molar-refractivity contribution in [1.29, 1.82) is 0 Å². The highest BCUT2D eigenvalue weighted by Crippen LogP contribution is 2.42. The van der Waals surface area contributed by atoms with Crippen LogP contribution < -0.4 is 5.43 Å². The lowest BCUT2D eigenvalue weighted by Gasteiger charge is -2.32. The van der Waals surface area contributed by atoms with E-state index >= 15 is 0 Å². The summed E-state index contributed by atoms with van der Waals surface area (Å²) in [6.45, 7) is 2.20. The molecule has 1 saturated heterocycles. The summed E-state index contributed by atoms with van der Waals surface area (Å²) in [4.78, 5) is 11.6. The Hall–Kier alpha value is -2.08. The van der Waals surface area contributed by atoms with Crippen molar-refractivity contribution >= 4 is 16.7 Å². The van der Waals surface area contributed by atoms with E-state index in [1.165, 1.54) is 0 Å². The van der Waals surface area contributed by atoms with Crippen molar-refractivity contribution in [2.24, 2.45) is 0 Å². The summed E-state index contributed by atoms with van der Waals surface area (Å²) >= 11 is 0. The van der Waals surface area contributed by atoms with Crippen molar-refractivity contribution in [3.05, 3.63) is 47.5 Å². The number of carbonyl (C=O) groups is 1. The van der Waals surface area contributed by atoms with Crippen LogP contribution in [0.2, 0.25) is 0 Å². The topological polar surface area (TPSA) is 32.3 Å². The Bertz CT molecular complexity index is 819. The molecule has 1 aliphatic heterocycles. The number of fused-ring (bicyclic) bond motifs is 1. The predicted octanol–water partition coefficient (Wildman–Crippen LogP) is 5.69. The van der Waals surface area contributed by atoms with E-state index in [0.717, 1.165) is 48.1 Å². The molecule has 3 rings (SSSR count). The molecule has 1 N–H and O–H groups in total. The second-order valence-corrected chi connectivity index (χ2v) is 7.45. The molecule has 0 unspecified atom stereocenters. The quantitative estimate of drug-likeness (QED) is 0.585. The van der Waals surface area contributed by atoms with Crippen molar-refractivity contribution < 1.29 is 18.0 Å². The summed E-state index contributed by atoms with van der Waals surface area (Å²) in [5, 5.41) is 2.45. The number of nitrogens with one attached hydrogen (secondary N) is 1. The number of benzene rings is 2. The number of carbonyl (C=O) groups excluding carboxylic acids is 1. The van der Waals surface area contributed by atoms with E-state index in [4.69, 9.17) is 0 Å². The highest BCUT2D eigenvalue weighted by atomic mass is 19.4. The van der Waals surface area contributed by atoms with E-state index in [9.17, 15) is 18.0 Å². The Morgan fingerprint density at radius 3 is 2.50 bits per heavy atom. The lowest BCUT2D eigenvalue weighted by atomic mass is 9.90. The first-order valence-electron chi connectivity index (χ1n) is 10.0. The molecule has 3 nitrogen and oxygen atoms in total. The van der Waals surface area contributed by atoms with Gasteiger partial charge in [-0.15, -0.1) is 0 Å². The number of hydrogen-bond donors (Lipinski definition) is 1. The molecule has 152 valence electrons. The van der Waals surface area contributed by atoms with Crippen LogP contribution in [0, 0.1) is 0 Å². The summed E-state index contributed by atoms with van der Waals surface area (Å²) in [5.41, 5.74) is 3.41. The Labute approximate surface area is 163 Å². The lowest BCUT2D eigenvalue weighted by molar-refractivity contribution is -0.190. The van der Waals surface area contributed by atoms with Crippen molar-refractivity contribution in [2.75, 3.05) is 6.54 Å². The minimum absolute atomic E-state index is 0.0577. The van der Waals surface area contributed by atoms with E-state index in [1.807, 2.05) is 24.3 Å². The number of aryl methyl sites for hydroxylation is 1. The largest absolute Gasteiger partial charge is 0.409 e. The number of rotatable bonds is 8. The van der Waals surface area contributed by atoms with Crippen LogP contribution in [-0.2, 0) is 11.2 Å². The standard InChI is InChI=1S/C22H27F3N2O/c1-2-3-4-5-6-10-17-13-12-16-9-7-8-11-18(16)20(17)21(22(23,24)25)27-15-14-19(28)26-27/h7-9,11-13,21H,2-6,10,14-15H2,1H3,(H,26,28)/t21-/m0/s1. The zero-order valence-corrected chi connectivity index (χ0v) is 16.2. The van der Waals surface area contributed by atoms with Gasteiger partial charge in [0.25, 0.3) is 0 Å². The summed E-state index contributed by atoms with van der Waals surface area (Å²) in [7, 11) is 0. The zero-order valence-electron chi connectivity index (χ0n) is 16.2. The highest BCUT2D eigenvalue weighted by molar-refractivity contribution is 5.87. The monoisotopic (exact) mass is 392 g/mol. The maximum absolute atomic E-state index is 14.2. The van der Waals surface area contributed by atoms with Crippen LogP contribution in [0.4, 0.5) is 13.2 Å². The van der Waals surface area contributed by atoms with Gasteiger partial charge in [-0.3, -0.25) is 10.2 Å². The van der Waals surface area contributed by atoms with Gasteiger partial charge in [-0.05, 0) is 34.7 Å². The normalized spacial score (nSPS) is 16.5. The number of hydrazine groups is 1. The van der Waals surface area contributed by atoms with Gasteiger partial charge in [0, 0.05) is 13.0 Å². The first-order chi connectivity index (χ1) is 13.4. The maximum atomic E-state index is 14.2. The van der Waals surface area contributed by atoms with Crippen molar-refractivity contribution in [3.63, 3.8) is 0 Å². The Kier molecular flexibility index (Phi) is 6.60. The molecule has 0 saturated carbocycles. The molecule has 1 aliphatic rings. The van der Waals surface area contributed by atoms with Crippen LogP contribution in [0.1, 0.15) is 62.6 Å². The molecular weight excluding hydrogens is 365 g/mol. The smallest absolute Gasteiger partial charge is 0.288 e. The Morgan fingerprint density at radius 2 is 1.82 bits per heavy atom. The van der Waals surface area contributed by atoms with Gasteiger partial charge in [0.2, 0.25) is 5.91 Å². The molecule has 0 bridgehead atoms. The number of unbranched alkanes of at least 4 members (excludes halogenated alkanes) is 4. The first-order valence-corrected chi connectivity index (χ1v) is 10.0. The fourth-order valence-electron chi connectivity index (χ4n) is 3.98. The number of hydrogen-bond acceptors (Lipinski definition) is 2. The van der Waals surface area contributed by atoms with Gasteiger partial charge in [-0.2, -0.15) is 13.2 Å². The van der Waals surface area contributed by atoms with E-state index in [2.05, 4.69) is 12.3 Å². The number of nitrogens with zero attached hydrogens (tertiary/aromatic N) is 1. The van der Waals surface area contributed by atoms with E-state index in [0.29, 0.717) is 11.8 Å².